The van der Waals surface area contributed by atoms with E-state index >= 15 is 0 Å². The van der Waals surface area contributed by atoms with Crippen LogP contribution in [0.5, 0.6) is 0 Å². The normalized spacial score (nSPS) is 20.6. The first-order valence-electron chi connectivity index (χ1n) is 6.54. The third-order valence-corrected chi connectivity index (χ3v) is 4.28. The van der Waals surface area contributed by atoms with Gasteiger partial charge in [0, 0.05) is 24.1 Å². The van der Waals surface area contributed by atoms with Crippen LogP contribution in [0.2, 0.25) is 0 Å². The van der Waals surface area contributed by atoms with E-state index in [9.17, 15) is 0 Å². The van der Waals surface area contributed by atoms with Gasteiger partial charge in [-0.05, 0) is 43.7 Å². The van der Waals surface area contributed by atoms with Crippen molar-refractivity contribution in [2.24, 2.45) is 0 Å². The summed E-state index contributed by atoms with van der Waals surface area (Å²) in [4.78, 5) is 7.18. The summed E-state index contributed by atoms with van der Waals surface area (Å²) in [6, 6.07) is 2.93. The lowest BCUT2D eigenvalue weighted by atomic mass is 9.99. The average molecular weight is 297 g/mol. The Hall–Kier alpha value is -0.570. The fourth-order valence-corrected chi connectivity index (χ4v) is 3.01. The van der Waals surface area contributed by atoms with Gasteiger partial charge in [0.2, 0.25) is 0 Å². The Morgan fingerprint density at radius 2 is 2.29 bits per heavy atom. The summed E-state index contributed by atoms with van der Waals surface area (Å²) in [6.45, 7) is 5.63. The molecule has 94 valence electrons. The highest BCUT2D eigenvalue weighted by Crippen LogP contribution is 2.27. The van der Waals surface area contributed by atoms with Crippen molar-refractivity contribution in [1.29, 1.82) is 0 Å². The Morgan fingerprint density at radius 3 is 2.94 bits per heavy atom. The molecule has 0 N–H and O–H groups in total. The summed E-state index contributed by atoms with van der Waals surface area (Å²) in [7, 11) is 0. The molecule has 1 aromatic rings. The fourth-order valence-electron chi connectivity index (χ4n) is 2.70. The Labute approximate surface area is 113 Å². The second-order valence-electron chi connectivity index (χ2n) is 4.87. The van der Waals surface area contributed by atoms with Crippen LogP contribution in [0.15, 0.2) is 12.3 Å². The Morgan fingerprint density at radius 1 is 1.47 bits per heavy atom. The van der Waals surface area contributed by atoms with Crippen molar-refractivity contribution in [3.05, 3.63) is 23.4 Å². The Bertz CT molecular complexity index is 378. The van der Waals surface area contributed by atoms with Gasteiger partial charge in [0.15, 0.2) is 0 Å². The van der Waals surface area contributed by atoms with Crippen molar-refractivity contribution >= 4 is 21.7 Å². The molecule has 2 heterocycles. The minimum absolute atomic E-state index is 0.685. The minimum Gasteiger partial charge on any atom is -0.353 e. The first-order valence-corrected chi connectivity index (χ1v) is 7.66. The summed E-state index contributed by atoms with van der Waals surface area (Å²) >= 11 is 3.48. The van der Waals surface area contributed by atoms with Crippen LogP contribution in [-0.4, -0.2) is 17.6 Å². The van der Waals surface area contributed by atoms with E-state index in [1.165, 1.54) is 49.2 Å². The highest BCUT2D eigenvalue weighted by Gasteiger charge is 2.23. The molecule has 0 bridgehead atoms. The van der Waals surface area contributed by atoms with Crippen LogP contribution in [0.3, 0.4) is 0 Å². The summed E-state index contributed by atoms with van der Waals surface area (Å²) in [5.41, 5.74) is 2.57. The number of aryl methyl sites for hydroxylation is 1. The third kappa shape index (κ3) is 2.82. The van der Waals surface area contributed by atoms with Crippen LogP contribution in [0.1, 0.15) is 43.7 Å². The van der Waals surface area contributed by atoms with E-state index < -0.39 is 0 Å². The van der Waals surface area contributed by atoms with Gasteiger partial charge in [0.1, 0.15) is 5.82 Å². The molecule has 0 saturated carbocycles. The predicted molar refractivity (Wildman–Crippen MR) is 76.9 cm³/mol. The molecule has 0 amide bonds. The van der Waals surface area contributed by atoms with Crippen molar-refractivity contribution < 1.29 is 0 Å². The molecule has 1 saturated heterocycles. The molecule has 0 aromatic carbocycles. The minimum atomic E-state index is 0.685. The van der Waals surface area contributed by atoms with Gasteiger partial charge in [0.25, 0.3) is 0 Å². The van der Waals surface area contributed by atoms with E-state index in [-0.39, 0.29) is 0 Å². The lowest BCUT2D eigenvalue weighted by molar-refractivity contribution is 0.446. The third-order valence-electron chi connectivity index (χ3n) is 3.63. The van der Waals surface area contributed by atoms with Gasteiger partial charge < -0.3 is 4.90 Å². The largest absolute Gasteiger partial charge is 0.353 e. The van der Waals surface area contributed by atoms with E-state index in [0.29, 0.717) is 6.04 Å². The number of nitrogens with zero attached hydrogens (tertiary/aromatic N) is 2. The molecule has 2 rings (SSSR count). The molecular weight excluding hydrogens is 276 g/mol. The van der Waals surface area contributed by atoms with E-state index in [4.69, 9.17) is 0 Å². The molecule has 2 nitrogen and oxygen atoms in total. The lowest BCUT2D eigenvalue weighted by Crippen LogP contribution is -2.40. The maximum absolute atomic E-state index is 4.67. The lowest BCUT2D eigenvalue weighted by Gasteiger charge is -2.37. The number of halogens is 1. The summed E-state index contributed by atoms with van der Waals surface area (Å²) in [5.74, 6) is 1.20. The zero-order valence-electron chi connectivity index (χ0n) is 10.7. The molecule has 1 aliphatic rings. The number of aromatic nitrogens is 1. The quantitative estimate of drug-likeness (QED) is 0.782. The highest BCUT2D eigenvalue weighted by molar-refractivity contribution is 9.08. The number of piperidine rings is 1. The zero-order chi connectivity index (χ0) is 12.3. The van der Waals surface area contributed by atoms with Crippen LogP contribution in [0.4, 0.5) is 5.82 Å². The van der Waals surface area contributed by atoms with Crippen LogP contribution < -0.4 is 4.90 Å². The number of anilines is 1. The maximum atomic E-state index is 4.67. The van der Waals surface area contributed by atoms with Gasteiger partial charge in [-0.3, -0.25) is 0 Å². The molecule has 1 fully saturated rings. The molecule has 3 heteroatoms. The van der Waals surface area contributed by atoms with E-state index in [1.807, 2.05) is 6.20 Å². The predicted octanol–water partition coefficient (Wildman–Crippen LogP) is 4.05. The number of rotatable bonds is 3. The van der Waals surface area contributed by atoms with Crippen molar-refractivity contribution in [3.63, 3.8) is 0 Å². The first kappa shape index (κ1) is 12.9. The van der Waals surface area contributed by atoms with Crippen molar-refractivity contribution in [3.8, 4) is 0 Å². The second-order valence-corrected chi connectivity index (χ2v) is 5.43. The topological polar surface area (TPSA) is 16.1 Å². The van der Waals surface area contributed by atoms with E-state index in [0.717, 1.165) is 5.33 Å². The highest BCUT2D eigenvalue weighted by atomic mass is 79.9. The molecular formula is C14H21BrN2. The van der Waals surface area contributed by atoms with Gasteiger partial charge in [-0.2, -0.15) is 0 Å². The standard InChI is InChI=1S/C14H21BrN2/c1-3-13-6-4-5-7-17(13)14-11(2)8-12(9-15)10-16-14/h8,10,13H,3-7,9H2,1-2H3. The Kier molecular flexibility index (Phi) is 4.43. The Balaban J connectivity index is 2.25. The molecule has 0 spiro atoms. The van der Waals surface area contributed by atoms with Gasteiger partial charge in [-0.1, -0.05) is 28.9 Å². The zero-order valence-corrected chi connectivity index (χ0v) is 12.3. The molecule has 1 aromatic heterocycles. The summed E-state index contributed by atoms with van der Waals surface area (Å²) in [5, 5.41) is 0.887. The number of pyridine rings is 1. The van der Waals surface area contributed by atoms with Crippen molar-refractivity contribution in [2.45, 2.75) is 50.9 Å². The van der Waals surface area contributed by atoms with Crippen molar-refractivity contribution in [1.82, 2.24) is 4.98 Å². The van der Waals surface area contributed by atoms with Gasteiger partial charge in [-0.15, -0.1) is 0 Å². The monoisotopic (exact) mass is 296 g/mol. The van der Waals surface area contributed by atoms with Crippen LogP contribution in [0, 0.1) is 6.92 Å². The molecule has 1 atom stereocenters. The van der Waals surface area contributed by atoms with Gasteiger partial charge in [0.05, 0.1) is 0 Å². The van der Waals surface area contributed by atoms with Crippen LogP contribution in [0.25, 0.3) is 0 Å². The van der Waals surface area contributed by atoms with Gasteiger partial charge >= 0.3 is 0 Å². The fraction of sp³-hybridized carbons (Fsp3) is 0.643. The number of alkyl halides is 1. The van der Waals surface area contributed by atoms with Gasteiger partial charge in [-0.25, -0.2) is 4.98 Å². The SMILES string of the molecule is CCC1CCCCN1c1ncc(CBr)cc1C. The van der Waals surface area contributed by atoms with Crippen LogP contribution in [-0.2, 0) is 5.33 Å². The number of hydrogen-bond donors (Lipinski definition) is 0. The molecule has 1 unspecified atom stereocenters. The summed E-state index contributed by atoms with van der Waals surface area (Å²) < 4.78 is 0. The molecule has 0 radical (unpaired) electrons. The molecule has 1 aliphatic heterocycles. The average Bonchev–Trinajstić information content (AvgIpc) is 2.38. The number of hydrogen-bond acceptors (Lipinski definition) is 2. The molecule has 0 aliphatic carbocycles. The van der Waals surface area contributed by atoms with E-state index in [1.54, 1.807) is 0 Å². The maximum Gasteiger partial charge on any atom is 0.131 e. The summed E-state index contributed by atoms with van der Waals surface area (Å²) in [6.07, 6.45) is 7.21. The smallest absolute Gasteiger partial charge is 0.131 e. The first-order chi connectivity index (χ1) is 8.26. The molecule has 17 heavy (non-hydrogen) atoms. The van der Waals surface area contributed by atoms with E-state index in [2.05, 4.69) is 45.7 Å². The second kappa shape index (κ2) is 5.85. The van der Waals surface area contributed by atoms with Crippen molar-refractivity contribution in [2.75, 3.05) is 11.4 Å². The van der Waals surface area contributed by atoms with Crippen LogP contribution >= 0.6 is 15.9 Å².